The number of anilines is 1. The summed E-state index contributed by atoms with van der Waals surface area (Å²) in [6.07, 6.45) is 7.85. The van der Waals surface area contributed by atoms with Crippen molar-refractivity contribution in [1.82, 2.24) is 9.36 Å². The van der Waals surface area contributed by atoms with Crippen LogP contribution in [0.25, 0.3) is 0 Å². The molecule has 1 aromatic heterocycles. The van der Waals surface area contributed by atoms with E-state index in [2.05, 4.69) is 9.36 Å². The van der Waals surface area contributed by atoms with Gasteiger partial charge in [0, 0.05) is 24.0 Å². The number of hydrogen-bond acceptors (Lipinski definition) is 5. The maximum atomic E-state index is 11.2. The van der Waals surface area contributed by atoms with Gasteiger partial charge in [0.2, 0.25) is 5.13 Å². The van der Waals surface area contributed by atoms with E-state index in [9.17, 15) is 9.90 Å². The quantitative estimate of drug-likeness (QED) is 0.922. The summed E-state index contributed by atoms with van der Waals surface area (Å²) < 4.78 is 4.47. The van der Waals surface area contributed by atoms with Crippen LogP contribution in [-0.4, -0.2) is 33.0 Å². The fraction of sp³-hybridized carbons (Fsp3) is 0.769. The molecule has 0 spiro atoms. The standard InChI is InChI=1S/C13H19N3O2S/c17-12(18)10-7-4-8-16(10)13-14-11(15-19-13)9-5-2-1-3-6-9/h9-10H,1-8H2,(H,17,18). The third kappa shape index (κ3) is 2.59. The maximum Gasteiger partial charge on any atom is 0.326 e. The molecule has 1 aromatic rings. The Labute approximate surface area is 116 Å². The van der Waals surface area contributed by atoms with Gasteiger partial charge in [0.25, 0.3) is 0 Å². The number of rotatable bonds is 3. The van der Waals surface area contributed by atoms with Crippen molar-refractivity contribution in [2.24, 2.45) is 0 Å². The van der Waals surface area contributed by atoms with Gasteiger partial charge in [-0.15, -0.1) is 0 Å². The molecule has 2 aliphatic rings. The first-order valence-corrected chi connectivity index (χ1v) is 7.86. The molecule has 1 saturated carbocycles. The van der Waals surface area contributed by atoms with Gasteiger partial charge < -0.3 is 10.0 Å². The summed E-state index contributed by atoms with van der Waals surface area (Å²) >= 11 is 1.36. The van der Waals surface area contributed by atoms with E-state index in [4.69, 9.17) is 0 Å². The van der Waals surface area contributed by atoms with Crippen LogP contribution < -0.4 is 4.90 Å². The lowest BCUT2D eigenvalue weighted by Crippen LogP contribution is -2.35. The zero-order valence-electron chi connectivity index (χ0n) is 10.9. The second kappa shape index (κ2) is 5.45. The highest BCUT2D eigenvalue weighted by Gasteiger charge is 2.33. The second-order valence-electron chi connectivity index (χ2n) is 5.46. The van der Waals surface area contributed by atoms with Crippen LogP contribution in [0.3, 0.4) is 0 Å². The number of aliphatic carboxylic acids is 1. The average molecular weight is 281 g/mol. The van der Waals surface area contributed by atoms with Gasteiger partial charge in [-0.1, -0.05) is 19.3 Å². The Morgan fingerprint density at radius 1 is 1.21 bits per heavy atom. The van der Waals surface area contributed by atoms with Crippen LogP contribution in [0, 0.1) is 0 Å². The molecule has 19 heavy (non-hydrogen) atoms. The monoisotopic (exact) mass is 281 g/mol. The molecule has 2 heterocycles. The number of aromatic nitrogens is 2. The molecule has 1 saturated heterocycles. The highest BCUT2D eigenvalue weighted by Crippen LogP contribution is 2.34. The molecule has 0 radical (unpaired) electrons. The van der Waals surface area contributed by atoms with Crippen molar-refractivity contribution < 1.29 is 9.90 Å². The Morgan fingerprint density at radius 3 is 2.74 bits per heavy atom. The lowest BCUT2D eigenvalue weighted by Gasteiger charge is -2.20. The Kier molecular flexibility index (Phi) is 3.68. The fourth-order valence-corrected chi connectivity index (χ4v) is 3.94. The molecule has 5 nitrogen and oxygen atoms in total. The van der Waals surface area contributed by atoms with Crippen molar-refractivity contribution in [2.45, 2.75) is 56.9 Å². The normalized spacial score (nSPS) is 24.8. The number of carboxylic acid groups (broad SMARTS) is 1. The van der Waals surface area contributed by atoms with Gasteiger partial charge in [0.1, 0.15) is 11.9 Å². The molecule has 1 atom stereocenters. The van der Waals surface area contributed by atoms with Crippen molar-refractivity contribution in [3.05, 3.63) is 5.82 Å². The third-order valence-electron chi connectivity index (χ3n) is 4.18. The van der Waals surface area contributed by atoms with Gasteiger partial charge in [-0.25, -0.2) is 9.78 Å². The molecule has 104 valence electrons. The summed E-state index contributed by atoms with van der Waals surface area (Å²) in [6, 6.07) is -0.410. The molecule has 3 rings (SSSR count). The fourth-order valence-electron chi connectivity index (χ4n) is 3.12. The molecular weight excluding hydrogens is 262 g/mol. The van der Waals surface area contributed by atoms with Crippen LogP contribution in [-0.2, 0) is 4.79 Å². The summed E-state index contributed by atoms with van der Waals surface area (Å²) in [5.74, 6) is 0.687. The van der Waals surface area contributed by atoms with E-state index in [1.165, 1.54) is 43.6 Å². The average Bonchev–Trinajstić information content (AvgIpc) is 3.08. The van der Waals surface area contributed by atoms with Crippen molar-refractivity contribution in [1.29, 1.82) is 0 Å². The zero-order chi connectivity index (χ0) is 13.2. The summed E-state index contributed by atoms with van der Waals surface area (Å²) in [7, 11) is 0. The van der Waals surface area contributed by atoms with Crippen molar-refractivity contribution in [2.75, 3.05) is 11.4 Å². The van der Waals surface area contributed by atoms with E-state index in [0.717, 1.165) is 23.9 Å². The largest absolute Gasteiger partial charge is 0.480 e. The first-order valence-electron chi connectivity index (χ1n) is 7.09. The highest BCUT2D eigenvalue weighted by molar-refractivity contribution is 7.09. The van der Waals surface area contributed by atoms with E-state index in [0.29, 0.717) is 12.3 Å². The van der Waals surface area contributed by atoms with Crippen molar-refractivity contribution in [3.8, 4) is 0 Å². The summed E-state index contributed by atoms with van der Waals surface area (Å²) in [5.41, 5.74) is 0. The van der Waals surface area contributed by atoms with Gasteiger partial charge in [-0.05, 0) is 25.7 Å². The van der Waals surface area contributed by atoms with Crippen LogP contribution in [0.2, 0.25) is 0 Å². The Balaban J connectivity index is 1.75. The van der Waals surface area contributed by atoms with Crippen molar-refractivity contribution >= 4 is 22.6 Å². The zero-order valence-corrected chi connectivity index (χ0v) is 11.7. The summed E-state index contributed by atoms with van der Waals surface area (Å²) in [4.78, 5) is 17.7. The highest BCUT2D eigenvalue weighted by atomic mass is 32.1. The summed E-state index contributed by atoms with van der Waals surface area (Å²) in [5, 5.41) is 10.0. The van der Waals surface area contributed by atoms with Gasteiger partial charge >= 0.3 is 5.97 Å². The van der Waals surface area contributed by atoms with E-state index in [1.54, 1.807) is 0 Å². The molecule has 1 aliphatic heterocycles. The number of nitrogens with zero attached hydrogens (tertiary/aromatic N) is 3. The third-order valence-corrected chi connectivity index (χ3v) is 4.95. The van der Waals surface area contributed by atoms with Gasteiger partial charge in [-0.3, -0.25) is 0 Å². The van der Waals surface area contributed by atoms with Gasteiger partial charge in [0.05, 0.1) is 0 Å². The first kappa shape index (κ1) is 12.8. The lowest BCUT2D eigenvalue weighted by atomic mass is 9.89. The summed E-state index contributed by atoms with van der Waals surface area (Å²) in [6.45, 7) is 0.788. The maximum absolute atomic E-state index is 11.2. The molecular formula is C13H19N3O2S. The van der Waals surface area contributed by atoms with E-state index in [1.807, 2.05) is 4.90 Å². The Hall–Kier alpha value is -1.17. The minimum absolute atomic E-state index is 0.410. The van der Waals surface area contributed by atoms with Gasteiger partial charge in [0.15, 0.2) is 0 Å². The molecule has 2 fully saturated rings. The predicted octanol–water partition coefficient (Wildman–Crippen LogP) is 2.64. The molecule has 1 aliphatic carbocycles. The number of carbonyl (C=O) groups is 1. The smallest absolute Gasteiger partial charge is 0.326 e. The van der Waals surface area contributed by atoms with E-state index in [-0.39, 0.29) is 0 Å². The molecule has 1 unspecified atom stereocenters. The van der Waals surface area contributed by atoms with Crippen molar-refractivity contribution in [3.63, 3.8) is 0 Å². The van der Waals surface area contributed by atoms with Crippen LogP contribution in [0.5, 0.6) is 0 Å². The van der Waals surface area contributed by atoms with Crippen LogP contribution in [0.4, 0.5) is 5.13 Å². The van der Waals surface area contributed by atoms with Crippen LogP contribution >= 0.6 is 11.5 Å². The van der Waals surface area contributed by atoms with Crippen LogP contribution in [0.15, 0.2) is 0 Å². The number of carboxylic acids is 1. The minimum Gasteiger partial charge on any atom is -0.480 e. The predicted molar refractivity (Wildman–Crippen MR) is 73.7 cm³/mol. The molecule has 1 N–H and O–H groups in total. The first-order chi connectivity index (χ1) is 9.25. The Bertz CT molecular complexity index is 456. The van der Waals surface area contributed by atoms with E-state index >= 15 is 0 Å². The number of hydrogen-bond donors (Lipinski definition) is 1. The second-order valence-corrected chi connectivity index (χ2v) is 6.19. The molecule has 0 bridgehead atoms. The van der Waals surface area contributed by atoms with Crippen LogP contribution in [0.1, 0.15) is 56.7 Å². The minimum atomic E-state index is -0.744. The lowest BCUT2D eigenvalue weighted by molar-refractivity contribution is -0.138. The topological polar surface area (TPSA) is 66.3 Å². The molecule has 6 heteroatoms. The SMILES string of the molecule is O=C(O)C1CCCN1c1nc(C2CCCCC2)ns1. The van der Waals surface area contributed by atoms with E-state index < -0.39 is 12.0 Å². The molecule has 0 amide bonds. The molecule has 0 aromatic carbocycles. The Morgan fingerprint density at radius 2 is 2.00 bits per heavy atom. The van der Waals surface area contributed by atoms with Gasteiger partial charge in [-0.2, -0.15) is 4.37 Å².